The van der Waals surface area contributed by atoms with Gasteiger partial charge in [0.05, 0.1) is 22.5 Å². The van der Waals surface area contributed by atoms with Gasteiger partial charge in [-0.2, -0.15) is 0 Å². The summed E-state index contributed by atoms with van der Waals surface area (Å²) in [5, 5.41) is 1.02. The Morgan fingerprint density at radius 2 is 2.03 bits per heavy atom. The number of aromatic nitrogens is 1. The highest BCUT2D eigenvalue weighted by molar-refractivity contribution is 8.00. The fraction of sp³-hybridized carbons (Fsp3) is 0.261. The molecule has 30 heavy (non-hydrogen) atoms. The molecule has 0 N–H and O–H groups in total. The first kappa shape index (κ1) is 20.3. The Hall–Kier alpha value is -2.93. The number of para-hydroxylation sites is 1. The molecule has 1 atom stereocenters. The van der Waals surface area contributed by atoms with E-state index >= 15 is 0 Å². The van der Waals surface area contributed by atoms with Crippen molar-refractivity contribution < 1.29 is 18.7 Å². The quantitative estimate of drug-likeness (QED) is 0.568. The summed E-state index contributed by atoms with van der Waals surface area (Å²) in [6.45, 7) is 4.01. The van der Waals surface area contributed by atoms with Crippen molar-refractivity contribution in [3.05, 3.63) is 65.6 Å². The number of hydrogen-bond acceptors (Lipinski definition) is 5. The lowest BCUT2D eigenvalue weighted by Crippen LogP contribution is -2.35. The lowest BCUT2D eigenvalue weighted by atomic mass is 10.1. The summed E-state index contributed by atoms with van der Waals surface area (Å²) in [5.41, 5.74) is 2.00. The number of benzene rings is 2. The summed E-state index contributed by atoms with van der Waals surface area (Å²) in [6.07, 6.45) is 0.850. The van der Waals surface area contributed by atoms with Crippen LogP contribution in [0.3, 0.4) is 0 Å². The highest BCUT2D eigenvalue weighted by atomic mass is 32.2. The standard InChI is InChI=1S/C23H21FN2O3S/c1-14-9-10-26(20-5-3-4-6-21(20)30-14)22(27)13-29-23(28)18-11-16-7-8-17(24)12-19(16)25-15(18)2/h3-8,11-12,14H,9-10,13H2,1-2H3. The number of amides is 1. The van der Waals surface area contributed by atoms with Crippen molar-refractivity contribution in [3.8, 4) is 0 Å². The van der Waals surface area contributed by atoms with Gasteiger partial charge < -0.3 is 9.64 Å². The van der Waals surface area contributed by atoms with Gasteiger partial charge in [-0.25, -0.2) is 9.18 Å². The second-order valence-corrected chi connectivity index (χ2v) is 8.75. The van der Waals surface area contributed by atoms with Gasteiger partial charge >= 0.3 is 5.97 Å². The molecule has 0 saturated carbocycles. The van der Waals surface area contributed by atoms with E-state index in [1.165, 1.54) is 12.1 Å². The number of carbonyl (C=O) groups is 2. The van der Waals surface area contributed by atoms with Crippen LogP contribution in [0, 0.1) is 12.7 Å². The summed E-state index contributed by atoms with van der Waals surface area (Å²) in [4.78, 5) is 32.5. The minimum absolute atomic E-state index is 0.265. The topological polar surface area (TPSA) is 59.5 Å². The first-order valence-corrected chi connectivity index (χ1v) is 10.6. The molecule has 1 unspecified atom stereocenters. The predicted molar refractivity (Wildman–Crippen MR) is 115 cm³/mol. The van der Waals surface area contributed by atoms with Gasteiger partial charge in [0.15, 0.2) is 6.61 Å². The fourth-order valence-electron chi connectivity index (χ4n) is 3.47. The number of rotatable bonds is 3. The van der Waals surface area contributed by atoms with Crippen LogP contribution in [-0.4, -0.2) is 35.3 Å². The molecule has 0 radical (unpaired) electrons. The molecule has 0 aliphatic carbocycles. The van der Waals surface area contributed by atoms with Gasteiger partial charge in [0, 0.05) is 28.1 Å². The van der Waals surface area contributed by atoms with Gasteiger partial charge in [0.2, 0.25) is 0 Å². The monoisotopic (exact) mass is 424 g/mol. The average molecular weight is 424 g/mol. The molecule has 3 aromatic rings. The highest BCUT2D eigenvalue weighted by Crippen LogP contribution is 2.37. The predicted octanol–water partition coefficient (Wildman–Crippen LogP) is 4.76. The third-order valence-electron chi connectivity index (χ3n) is 5.06. The number of anilines is 1. The molecule has 1 aliphatic heterocycles. The number of pyridine rings is 1. The Morgan fingerprint density at radius 1 is 1.23 bits per heavy atom. The second-order valence-electron chi connectivity index (χ2n) is 7.26. The van der Waals surface area contributed by atoms with E-state index in [9.17, 15) is 14.0 Å². The van der Waals surface area contributed by atoms with Gasteiger partial charge in [-0.1, -0.05) is 19.1 Å². The molecular weight excluding hydrogens is 403 g/mol. The van der Waals surface area contributed by atoms with Crippen LogP contribution in [0.25, 0.3) is 10.9 Å². The number of fused-ring (bicyclic) bond motifs is 2. The summed E-state index contributed by atoms with van der Waals surface area (Å²) in [7, 11) is 0. The molecule has 0 fully saturated rings. The first-order valence-electron chi connectivity index (χ1n) is 9.72. The van der Waals surface area contributed by atoms with E-state index in [-0.39, 0.29) is 23.9 Å². The summed E-state index contributed by atoms with van der Waals surface area (Å²) < 4.78 is 18.7. The lowest BCUT2D eigenvalue weighted by molar-refractivity contribution is -0.121. The molecule has 1 amide bonds. The molecular formula is C23H21FN2O3S. The molecule has 0 spiro atoms. The molecule has 7 heteroatoms. The number of hydrogen-bond donors (Lipinski definition) is 0. The molecule has 4 rings (SSSR count). The highest BCUT2D eigenvalue weighted by Gasteiger charge is 2.25. The zero-order chi connectivity index (χ0) is 21.3. The Bertz CT molecular complexity index is 1130. The molecule has 2 heterocycles. The van der Waals surface area contributed by atoms with Gasteiger partial charge in [0.1, 0.15) is 5.82 Å². The van der Waals surface area contributed by atoms with E-state index in [1.54, 1.807) is 35.7 Å². The van der Waals surface area contributed by atoms with Crippen LogP contribution < -0.4 is 4.90 Å². The Morgan fingerprint density at radius 3 is 2.87 bits per heavy atom. The van der Waals surface area contributed by atoms with Crippen molar-refractivity contribution >= 4 is 40.2 Å². The summed E-state index contributed by atoms with van der Waals surface area (Å²) in [6, 6.07) is 13.6. The molecule has 2 aromatic carbocycles. The van der Waals surface area contributed by atoms with E-state index < -0.39 is 5.97 Å². The van der Waals surface area contributed by atoms with Gasteiger partial charge in [-0.05, 0) is 43.7 Å². The van der Waals surface area contributed by atoms with Crippen molar-refractivity contribution in [2.24, 2.45) is 0 Å². The van der Waals surface area contributed by atoms with Crippen LogP contribution in [0.2, 0.25) is 0 Å². The fourth-order valence-corrected chi connectivity index (χ4v) is 4.58. The van der Waals surface area contributed by atoms with Crippen molar-refractivity contribution in [3.63, 3.8) is 0 Å². The van der Waals surface area contributed by atoms with Crippen LogP contribution in [0.1, 0.15) is 29.4 Å². The van der Waals surface area contributed by atoms with E-state index in [4.69, 9.17) is 4.74 Å². The zero-order valence-electron chi connectivity index (χ0n) is 16.7. The van der Waals surface area contributed by atoms with E-state index in [0.29, 0.717) is 28.4 Å². The number of ether oxygens (including phenoxy) is 1. The molecule has 0 saturated heterocycles. The van der Waals surface area contributed by atoms with Crippen LogP contribution in [0.15, 0.2) is 53.4 Å². The van der Waals surface area contributed by atoms with Crippen LogP contribution in [0.5, 0.6) is 0 Å². The molecule has 154 valence electrons. The maximum absolute atomic E-state index is 13.4. The van der Waals surface area contributed by atoms with Crippen molar-refractivity contribution in [1.29, 1.82) is 0 Å². The van der Waals surface area contributed by atoms with Gasteiger partial charge in [-0.3, -0.25) is 9.78 Å². The van der Waals surface area contributed by atoms with Crippen LogP contribution in [0.4, 0.5) is 10.1 Å². The first-order chi connectivity index (χ1) is 14.4. The normalized spacial score (nSPS) is 16.1. The van der Waals surface area contributed by atoms with Crippen molar-refractivity contribution in [2.45, 2.75) is 30.4 Å². The Kier molecular flexibility index (Phi) is 5.72. The number of halogens is 1. The minimum atomic E-state index is -0.620. The van der Waals surface area contributed by atoms with Crippen molar-refractivity contribution in [1.82, 2.24) is 4.98 Å². The third-order valence-corrected chi connectivity index (χ3v) is 6.30. The van der Waals surface area contributed by atoms with Gasteiger partial charge in [-0.15, -0.1) is 11.8 Å². The Balaban J connectivity index is 1.50. The Labute approximate surface area is 178 Å². The summed E-state index contributed by atoms with van der Waals surface area (Å²) in [5.74, 6) is -1.27. The van der Waals surface area contributed by atoms with E-state index in [1.807, 2.05) is 24.3 Å². The largest absolute Gasteiger partial charge is 0.452 e. The van der Waals surface area contributed by atoms with Crippen LogP contribution >= 0.6 is 11.8 Å². The zero-order valence-corrected chi connectivity index (χ0v) is 17.5. The number of esters is 1. The molecule has 1 aliphatic rings. The molecule has 0 bridgehead atoms. The number of carbonyl (C=O) groups excluding carboxylic acids is 2. The SMILES string of the molecule is Cc1nc2cc(F)ccc2cc1C(=O)OCC(=O)N1CCC(C)Sc2ccccc21. The second kappa shape index (κ2) is 8.44. The lowest BCUT2D eigenvalue weighted by Gasteiger charge is -2.22. The number of nitrogens with zero attached hydrogens (tertiary/aromatic N) is 2. The maximum atomic E-state index is 13.4. The molecule has 1 aromatic heterocycles. The van der Waals surface area contributed by atoms with E-state index in [0.717, 1.165) is 17.0 Å². The van der Waals surface area contributed by atoms with E-state index in [2.05, 4.69) is 11.9 Å². The third kappa shape index (κ3) is 4.16. The van der Waals surface area contributed by atoms with Crippen LogP contribution in [-0.2, 0) is 9.53 Å². The average Bonchev–Trinajstić information content (AvgIpc) is 2.89. The number of thioether (sulfide) groups is 1. The minimum Gasteiger partial charge on any atom is -0.452 e. The maximum Gasteiger partial charge on any atom is 0.340 e. The smallest absolute Gasteiger partial charge is 0.340 e. The van der Waals surface area contributed by atoms with Gasteiger partial charge in [0.25, 0.3) is 5.91 Å². The number of aryl methyl sites for hydroxylation is 1. The summed E-state index contributed by atoms with van der Waals surface area (Å²) >= 11 is 1.74. The van der Waals surface area contributed by atoms with Crippen molar-refractivity contribution in [2.75, 3.05) is 18.1 Å². The molecule has 5 nitrogen and oxygen atoms in total.